The fourth-order valence-electron chi connectivity index (χ4n) is 2.25. The highest BCUT2D eigenvalue weighted by atomic mass is 16.2. The molecular weight excluding hydrogens is 302 g/mol. The van der Waals surface area contributed by atoms with Gasteiger partial charge in [0.1, 0.15) is 0 Å². The number of carbonyl (C=O) groups is 2. The number of nitrogens with one attached hydrogen (secondary N) is 2. The van der Waals surface area contributed by atoms with Gasteiger partial charge in [-0.3, -0.25) is 9.59 Å². The van der Waals surface area contributed by atoms with E-state index < -0.39 is 0 Å². The lowest BCUT2D eigenvalue weighted by atomic mass is 10.1. The van der Waals surface area contributed by atoms with Crippen molar-refractivity contribution >= 4 is 11.8 Å². The number of carbonyl (C=O) groups excluding carboxylic acids is 2. The van der Waals surface area contributed by atoms with Crippen LogP contribution in [0.25, 0.3) is 0 Å². The molecule has 122 valence electrons. The van der Waals surface area contributed by atoms with Crippen molar-refractivity contribution in [3.63, 3.8) is 0 Å². The molecule has 0 spiro atoms. The molecule has 0 aliphatic rings. The summed E-state index contributed by atoms with van der Waals surface area (Å²) in [6, 6.07) is 17.8. The first-order valence-corrected chi connectivity index (χ1v) is 7.70. The molecule has 24 heavy (non-hydrogen) atoms. The third kappa shape index (κ3) is 5.25. The SMILES string of the molecule is CC(CC(=O)NCc1cccc(C#N)c1)NC(=O)c1ccccc1. The van der Waals surface area contributed by atoms with Crippen molar-refractivity contribution in [1.82, 2.24) is 10.6 Å². The predicted molar refractivity (Wildman–Crippen MR) is 91.0 cm³/mol. The molecule has 0 fully saturated rings. The highest BCUT2D eigenvalue weighted by Crippen LogP contribution is 2.04. The van der Waals surface area contributed by atoms with Crippen molar-refractivity contribution in [2.75, 3.05) is 0 Å². The summed E-state index contributed by atoms with van der Waals surface area (Å²) in [5.41, 5.74) is 1.99. The minimum absolute atomic E-state index is 0.154. The zero-order chi connectivity index (χ0) is 17.4. The minimum atomic E-state index is -0.275. The van der Waals surface area contributed by atoms with Gasteiger partial charge in [0.2, 0.25) is 5.91 Å². The van der Waals surface area contributed by atoms with Crippen LogP contribution in [0.15, 0.2) is 54.6 Å². The summed E-state index contributed by atoms with van der Waals surface area (Å²) in [5.74, 6) is -0.351. The van der Waals surface area contributed by atoms with Crippen molar-refractivity contribution in [2.45, 2.75) is 25.9 Å². The summed E-state index contributed by atoms with van der Waals surface area (Å²) < 4.78 is 0. The summed E-state index contributed by atoms with van der Waals surface area (Å²) in [6.45, 7) is 2.14. The maximum Gasteiger partial charge on any atom is 0.251 e. The standard InChI is InChI=1S/C19H19N3O2/c1-14(22-19(24)17-8-3-2-4-9-17)10-18(23)21-13-16-7-5-6-15(11-16)12-20/h2-9,11,14H,10,13H2,1H3,(H,21,23)(H,22,24). The van der Waals surface area contributed by atoms with Gasteiger partial charge in [-0.05, 0) is 36.8 Å². The Morgan fingerprint density at radius 3 is 2.58 bits per heavy atom. The van der Waals surface area contributed by atoms with E-state index >= 15 is 0 Å². The maximum atomic E-state index is 12.0. The number of nitriles is 1. The monoisotopic (exact) mass is 321 g/mol. The van der Waals surface area contributed by atoms with Crippen molar-refractivity contribution in [3.8, 4) is 6.07 Å². The molecule has 2 amide bonds. The van der Waals surface area contributed by atoms with Crippen LogP contribution in [0.4, 0.5) is 0 Å². The Labute approximate surface area is 141 Å². The topological polar surface area (TPSA) is 82.0 Å². The molecule has 5 heteroatoms. The molecule has 2 rings (SSSR count). The van der Waals surface area contributed by atoms with Crippen molar-refractivity contribution in [1.29, 1.82) is 5.26 Å². The summed E-state index contributed by atoms with van der Waals surface area (Å²) >= 11 is 0. The zero-order valence-corrected chi connectivity index (χ0v) is 13.5. The molecule has 1 unspecified atom stereocenters. The van der Waals surface area contributed by atoms with Gasteiger partial charge in [-0.15, -0.1) is 0 Å². The van der Waals surface area contributed by atoms with Gasteiger partial charge in [0.15, 0.2) is 0 Å². The van der Waals surface area contributed by atoms with Gasteiger partial charge >= 0.3 is 0 Å². The van der Waals surface area contributed by atoms with E-state index in [-0.39, 0.29) is 24.3 Å². The quantitative estimate of drug-likeness (QED) is 0.857. The molecule has 0 saturated carbocycles. The first kappa shape index (κ1) is 17.2. The van der Waals surface area contributed by atoms with Crippen LogP contribution < -0.4 is 10.6 Å². The largest absolute Gasteiger partial charge is 0.352 e. The average Bonchev–Trinajstić information content (AvgIpc) is 2.60. The van der Waals surface area contributed by atoms with Gasteiger partial charge in [-0.25, -0.2) is 0 Å². The Kier molecular flexibility index (Phi) is 6.09. The van der Waals surface area contributed by atoms with Crippen molar-refractivity contribution < 1.29 is 9.59 Å². The van der Waals surface area contributed by atoms with Crippen LogP contribution in [0, 0.1) is 11.3 Å². The lowest BCUT2D eigenvalue weighted by molar-refractivity contribution is -0.121. The number of benzene rings is 2. The van der Waals surface area contributed by atoms with E-state index in [1.54, 1.807) is 49.4 Å². The van der Waals surface area contributed by atoms with E-state index in [1.165, 1.54) is 0 Å². The molecule has 0 heterocycles. The number of hydrogen-bond acceptors (Lipinski definition) is 3. The first-order valence-electron chi connectivity index (χ1n) is 7.70. The van der Waals surface area contributed by atoms with Gasteiger partial charge in [-0.2, -0.15) is 5.26 Å². The minimum Gasteiger partial charge on any atom is -0.352 e. The third-order valence-electron chi connectivity index (χ3n) is 3.45. The van der Waals surface area contributed by atoms with Crippen LogP contribution in [0.1, 0.15) is 34.8 Å². The molecule has 0 aliphatic heterocycles. The molecule has 0 bridgehead atoms. The molecule has 0 aliphatic carbocycles. The molecule has 0 saturated heterocycles. The van der Waals surface area contributed by atoms with E-state index in [9.17, 15) is 9.59 Å². The predicted octanol–water partition coefficient (Wildman–Crippen LogP) is 2.38. The van der Waals surface area contributed by atoms with Crippen molar-refractivity contribution in [3.05, 3.63) is 71.3 Å². The van der Waals surface area contributed by atoms with E-state index in [2.05, 4.69) is 16.7 Å². The number of hydrogen-bond donors (Lipinski definition) is 2. The second-order valence-corrected chi connectivity index (χ2v) is 5.53. The molecule has 2 aromatic carbocycles. The highest BCUT2D eigenvalue weighted by Gasteiger charge is 2.13. The smallest absolute Gasteiger partial charge is 0.251 e. The number of rotatable bonds is 6. The molecular formula is C19H19N3O2. The van der Waals surface area contributed by atoms with Crippen LogP contribution in [0.2, 0.25) is 0 Å². The molecule has 2 N–H and O–H groups in total. The van der Waals surface area contributed by atoms with Gasteiger partial charge < -0.3 is 10.6 Å². The Morgan fingerprint density at radius 1 is 1.12 bits per heavy atom. The lowest BCUT2D eigenvalue weighted by Crippen LogP contribution is -2.37. The summed E-state index contributed by atoms with van der Waals surface area (Å²) in [7, 11) is 0. The normalized spacial score (nSPS) is 11.2. The Balaban J connectivity index is 1.79. The van der Waals surface area contributed by atoms with Crippen LogP contribution in [0.5, 0.6) is 0 Å². The van der Waals surface area contributed by atoms with E-state index in [0.717, 1.165) is 5.56 Å². The lowest BCUT2D eigenvalue weighted by Gasteiger charge is -2.14. The number of nitrogens with zero attached hydrogens (tertiary/aromatic N) is 1. The van der Waals surface area contributed by atoms with Gasteiger partial charge in [0, 0.05) is 24.6 Å². The Hall–Kier alpha value is -3.13. The van der Waals surface area contributed by atoms with E-state index in [0.29, 0.717) is 17.7 Å². The summed E-state index contributed by atoms with van der Waals surface area (Å²) in [4.78, 5) is 24.0. The number of amides is 2. The van der Waals surface area contributed by atoms with Gasteiger partial charge in [0.25, 0.3) is 5.91 Å². The van der Waals surface area contributed by atoms with Crippen LogP contribution in [-0.2, 0) is 11.3 Å². The van der Waals surface area contributed by atoms with Crippen LogP contribution in [-0.4, -0.2) is 17.9 Å². The fraction of sp³-hybridized carbons (Fsp3) is 0.211. The average molecular weight is 321 g/mol. The first-order chi connectivity index (χ1) is 11.6. The Bertz CT molecular complexity index is 751. The van der Waals surface area contributed by atoms with Crippen LogP contribution >= 0.6 is 0 Å². The van der Waals surface area contributed by atoms with Crippen LogP contribution in [0.3, 0.4) is 0 Å². The van der Waals surface area contributed by atoms with Gasteiger partial charge in [-0.1, -0.05) is 30.3 Å². The zero-order valence-electron chi connectivity index (χ0n) is 13.5. The fourth-order valence-corrected chi connectivity index (χ4v) is 2.25. The maximum absolute atomic E-state index is 12.0. The van der Waals surface area contributed by atoms with E-state index in [4.69, 9.17) is 5.26 Å². The van der Waals surface area contributed by atoms with Crippen molar-refractivity contribution in [2.24, 2.45) is 0 Å². The molecule has 0 radical (unpaired) electrons. The second kappa shape index (κ2) is 8.49. The Morgan fingerprint density at radius 2 is 1.88 bits per heavy atom. The third-order valence-corrected chi connectivity index (χ3v) is 3.45. The second-order valence-electron chi connectivity index (χ2n) is 5.53. The summed E-state index contributed by atoms with van der Waals surface area (Å²) in [6.07, 6.45) is 0.191. The molecule has 2 aromatic rings. The molecule has 5 nitrogen and oxygen atoms in total. The summed E-state index contributed by atoms with van der Waals surface area (Å²) in [5, 5.41) is 14.5. The molecule has 0 aromatic heterocycles. The highest BCUT2D eigenvalue weighted by molar-refractivity contribution is 5.94. The van der Waals surface area contributed by atoms with E-state index in [1.807, 2.05) is 12.1 Å². The van der Waals surface area contributed by atoms with Gasteiger partial charge in [0.05, 0.1) is 11.6 Å². The molecule has 1 atom stereocenters.